The molecule has 0 aliphatic carbocycles. The highest BCUT2D eigenvalue weighted by Crippen LogP contribution is 2.31. The number of nitrogens with zero attached hydrogens (tertiary/aromatic N) is 1. The Kier molecular flexibility index (Phi) is 5.21. The lowest BCUT2D eigenvalue weighted by Crippen LogP contribution is -2.25. The minimum absolute atomic E-state index is 0.0695. The zero-order chi connectivity index (χ0) is 19.7. The number of thiazole rings is 1. The van der Waals surface area contributed by atoms with Crippen molar-refractivity contribution in [2.45, 2.75) is 6.42 Å². The van der Waals surface area contributed by atoms with Gasteiger partial charge in [0.1, 0.15) is 5.75 Å². The number of aromatic nitrogens is 1. The molecule has 4 rings (SSSR count). The van der Waals surface area contributed by atoms with E-state index in [2.05, 4.69) is 15.6 Å². The molecule has 28 heavy (non-hydrogen) atoms. The highest BCUT2D eigenvalue weighted by molar-refractivity contribution is 7.15. The van der Waals surface area contributed by atoms with Crippen LogP contribution in [0.25, 0.3) is 0 Å². The van der Waals surface area contributed by atoms with Gasteiger partial charge in [0, 0.05) is 23.1 Å². The van der Waals surface area contributed by atoms with Gasteiger partial charge in [-0.3, -0.25) is 14.9 Å². The normalized spacial score (nSPS) is 12.7. The predicted molar refractivity (Wildman–Crippen MR) is 110 cm³/mol. The first kappa shape index (κ1) is 18.7. The molecule has 2 heterocycles. The molecule has 0 fully saturated rings. The molecule has 1 aliphatic heterocycles. The Morgan fingerprint density at radius 2 is 2.14 bits per heavy atom. The second-order valence-corrected chi connectivity index (χ2v) is 7.92. The van der Waals surface area contributed by atoms with Crippen molar-refractivity contribution < 1.29 is 14.3 Å². The summed E-state index contributed by atoms with van der Waals surface area (Å²) in [6, 6.07) is 10.3. The van der Waals surface area contributed by atoms with Gasteiger partial charge in [-0.1, -0.05) is 35.3 Å². The fraction of sp³-hybridized carbons (Fsp3) is 0.105. The second kappa shape index (κ2) is 7.79. The summed E-state index contributed by atoms with van der Waals surface area (Å²) < 4.78 is 5.34. The molecule has 2 aromatic carbocycles. The summed E-state index contributed by atoms with van der Waals surface area (Å²) in [5.41, 5.74) is 1.84. The van der Waals surface area contributed by atoms with Crippen molar-refractivity contribution in [2.75, 3.05) is 17.2 Å². The van der Waals surface area contributed by atoms with Crippen LogP contribution in [-0.4, -0.2) is 23.4 Å². The zero-order valence-corrected chi connectivity index (χ0v) is 16.6. The number of carbonyl (C=O) groups is 2. The van der Waals surface area contributed by atoms with Gasteiger partial charge in [0.25, 0.3) is 11.8 Å². The van der Waals surface area contributed by atoms with Crippen molar-refractivity contribution >= 4 is 57.2 Å². The number of anilines is 2. The second-order valence-electron chi connectivity index (χ2n) is 6.02. The van der Waals surface area contributed by atoms with Crippen LogP contribution in [0.4, 0.5) is 10.8 Å². The largest absolute Gasteiger partial charge is 0.482 e. The minimum atomic E-state index is -0.315. The smallest absolute Gasteiger partial charge is 0.262 e. The van der Waals surface area contributed by atoms with Gasteiger partial charge >= 0.3 is 0 Å². The van der Waals surface area contributed by atoms with E-state index >= 15 is 0 Å². The van der Waals surface area contributed by atoms with Gasteiger partial charge < -0.3 is 10.1 Å². The number of benzene rings is 2. The third kappa shape index (κ3) is 3.96. The highest BCUT2D eigenvalue weighted by atomic mass is 35.5. The molecule has 2 amide bonds. The number of hydrogen-bond donors (Lipinski definition) is 2. The van der Waals surface area contributed by atoms with Gasteiger partial charge in [0.05, 0.1) is 15.7 Å². The first-order valence-electron chi connectivity index (χ1n) is 8.25. The quantitative estimate of drug-likeness (QED) is 0.628. The van der Waals surface area contributed by atoms with E-state index in [1.165, 1.54) is 11.3 Å². The van der Waals surface area contributed by atoms with Gasteiger partial charge in [-0.05, 0) is 29.8 Å². The number of amides is 2. The molecule has 2 N–H and O–H groups in total. The number of fused-ring (bicyclic) bond motifs is 1. The first-order valence-corrected chi connectivity index (χ1v) is 9.82. The molecule has 9 heteroatoms. The van der Waals surface area contributed by atoms with Crippen LogP contribution in [0.5, 0.6) is 5.75 Å². The fourth-order valence-electron chi connectivity index (χ4n) is 2.70. The van der Waals surface area contributed by atoms with Crippen molar-refractivity contribution in [3.63, 3.8) is 0 Å². The van der Waals surface area contributed by atoms with Crippen molar-refractivity contribution in [2.24, 2.45) is 0 Å². The van der Waals surface area contributed by atoms with Crippen LogP contribution in [0.2, 0.25) is 10.0 Å². The van der Waals surface area contributed by atoms with E-state index in [0.717, 1.165) is 10.4 Å². The van der Waals surface area contributed by atoms with Crippen LogP contribution in [-0.2, 0) is 11.2 Å². The molecule has 0 radical (unpaired) electrons. The molecule has 0 atom stereocenters. The predicted octanol–water partition coefficient (Wildman–Crippen LogP) is 4.62. The Balaban J connectivity index is 1.46. The third-order valence-corrected chi connectivity index (χ3v) is 5.82. The van der Waals surface area contributed by atoms with Crippen LogP contribution in [0, 0.1) is 0 Å². The monoisotopic (exact) mass is 433 g/mol. The Morgan fingerprint density at radius 3 is 3.00 bits per heavy atom. The van der Waals surface area contributed by atoms with Crippen molar-refractivity contribution in [3.8, 4) is 5.75 Å². The lowest BCUT2D eigenvalue weighted by atomic mass is 10.1. The summed E-state index contributed by atoms with van der Waals surface area (Å²) in [6.45, 7) is -0.0695. The number of nitrogens with one attached hydrogen (secondary N) is 2. The van der Waals surface area contributed by atoms with Gasteiger partial charge in [0.2, 0.25) is 0 Å². The molecule has 1 aliphatic rings. The van der Waals surface area contributed by atoms with Crippen molar-refractivity contribution in [1.82, 2.24) is 4.98 Å². The summed E-state index contributed by atoms with van der Waals surface area (Å²) in [5, 5.41) is 6.95. The van der Waals surface area contributed by atoms with E-state index in [1.54, 1.807) is 30.5 Å². The Bertz CT molecular complexity index is 1080. The third-order valence-electron chi connectivity index (χ3n) is 4.05. The molecular weight excluding hydrogens is 421 g/mol. The highest BCUT2D eigenvalue weighted by Gasteiger charge is 2.18. The SMILES string of the molecule is O=C1COc2cc(C(=O)Nc3ncc(Cc4cccc(Cl)c4Cl)s3)ccc2N1. The topological polar surface area (TPSA) is 80.3 Å². The lowest BCUT2D eigenvalue weighted by Gasteiger charge is -2.18. The molecular formula is C19H13Cl2N3O3S. The zero-order valence-electron chi connectivity index (χ0n) is 14.3. The molecule has 0 unspecified atom stereocenters. The van der Waals surface area contributed by atoms with Gasteiger partial charge in [-0.25, -0.2) is 4.98 Å². The maximum Gasteiger partial charge on any atom is 0.262 e. The van der Waals surface area contributed by atoms with Crippen LogP contribution in [0.1, 0.15) is 20.8 Å². The maximum atomic E-state index is 12.5. The molecule has 6 nitrogen and oxygen atoms in total. The number of hydrogen-bond acceptors (Lipinski definition) is 5. The molecule has 0 spiro atoms. The number of carbonyl (C=O) groups excluding carboxylic acids is 2. The van der Waals surface area contributed by atoms with Gasteiger partial charge in [0.15, 0.2) is 11.7 Å². The molecule has 0 saturated heterocycles. The minimum Gasteiger partial charge on any atom is -0.482 e. The Morgan fingerprint density at radius 1 is 1.29 bits per heavy atom. The van der Waals surface area contributed by atoms with Crippen LogP contribution >= 0.6 is 34.5 Å². The summed E-state index contributed by atoms with van der Waals surface area (Å²) in [7, 11) is 0. The van der Waals surface area contributed by atoms with Crippen LogP contribution in [0.15, 0.2) is 42.6 Å². The first-order chi connectivity index (χ1) is 13.5. The van der Waals surface area contributed by atoms with E-state index in [4.69, 9.17) is 27.9 Å². The Labute approximate surface area is 174 Å². The fourth-order valence-corrected chi connectivity index (χ4v) is 3.92. The summed E-state index contributed by atoms with van der Waals surface area (Å²) in [5.74, 6) is -0.0764. The molecule has 0 saturated carbocycles. The number of halogens is 2. The van der Waals surface area contributed by atoms with E-state index in [9.17, 15) is 9.59 Å². The van der Waals surface area contributed by atoms with E-state index in [1.807, 2.05) is 12.1 Å². The standard InChI is InChI=1S/C19H13Cl2N3O3S/c20-13-3-1-2-10(17(13)21)6-12-8-22-19(28-12)24-18(26)11-4-5-14-15(7-11)27-9-16(25)23-14/h1-5,7-8H,6,9H2,(H,23,25)(H,22,24,26). The lowest BCUT2D eigenvalue weighted by molar-refractivity contribution is -0.118. The van der Waals surface area contributed by atoms with Crippen LogP contribution in [0.3, 0.4) is 0 Å². The molecule has 142 valence electrons. The average molecular weight is 434 g/mol. The summed E-state index contributed by atoms with van der Waals surface area (Å²) >= 11 is 13.6. The number of ether oxygens (including phenoxy) is 1. The summed E-state index contributed by atoms with van der Waals surface area (Å²) in [6.07, 6.45) is 2.27. The van der Waals surface area contributed by atoms with E-state index in [0.29, 0.717) is 38.6 Å². The van der Waals surface area contributed by atoms with E-state index in [-0.39, 0.29) is 18.4 Å². The molecule has 3 aromatic rings. The van der Waals surface area contributed by atoms with E-state index < -0.39 is 0 Å². The molecule has 0 bridgehead atoms. The van der Waals surface area contributed by atoms with Crippen molar-refractivity contribution in [3.05, 3.63) is 68.6 Å². The Hall–Kier alpha value is -2.61. The van der Waals surface area contributed by atoms with Gasteiger partial charge in [-0.2, -0.15) is 0 Å². The number of rotatable bonds is 4. The van der Waals surface area contributed by atoms with Crippen LogP contribution < -0.4 is 15.4 Å². The molecule has 1 aromatic heterocycles. The van der Waals surface area contributed by atoms with Crippen molar-refractivity contribution in [1.29, 1.82) is 0 Å². The average Bonchev–Trinajstić information content (AvgIpc) is 3.12. The maximum absolute atomic E-state index is 12.5. The van der Waals surface area contributed by atoms with Gasteiger partial charge in [-0.15, -0.1) is 11.3 Å². The summed E-state index contributed by atoms with van der Waals surface area (Å²) in [4.78, 5) is 29.0.